The van der Waals surface area contributed by atoms with Crippen LogP contribution in [-0.2, 0) is 17.8 Å². The van der Waals surface area contributed by atoms with Crippen molar-refractivity contribution in [2.24, 2.45) is 0 Å². The van der Waals surface area contributed by atoms with Crippen LogP contribution in [0.1, 0.15) is 17.5 Å². The third-order valence-corrected chi connectivity index (χ3v) is 3.20. The summed E-state index contributed by atoms with van der Waals surface area (Å²) in [7, 11) is 1.82. The Balaban J connectivity index is 1.73. The molecule has 4 nitrogen and oxygen atoms in total. The first kappa shape index (κ1) is 15.1. The van der Waals surface area contributed by atoms with Gasteiger partial charge in [-0.3, -0.25) is 4.79 Å². The SMILES string of the molecule is CNNc1ccc(CNC(=O)CCc2ccccc2)cc1. The molecule has 2 aromatic carbocycles. The minimum atomic E-state index is 0.0799. The van der Waals surface area contributed by atoms with Crippen LogP contribution in [0.2, 0.25) is 0 Å². The molecule has 0 aliphatic rings. The number of nitrogens with one attached hydrogen (secondary N) is 3. The van der Waals surface area contributed by atoms with E-state index in [9.17, 15) is 4.79 Å². The molecule has 4 heteroatoms. The summed E-state index contributed by atoms with van der Waals surface area (Å²) in [5, 5.41) is 2.95. The van der Waals surface area contributed by atoms with Crippen LogP contribution < -0.4 is 16.2 Å². The van der Waals surface area contributed by atoms with Crippen LogP contribution in [0.5, 0.6) is 0 Å². The molecule has 0 aromatic heterocycles. The second-order valence-corrected chi connectivity index (χ2v) is 4.83. The fraction of sp³-hybridized carbons (Fsp3) is 0.235. The van der Waals surface area contributed by atoms with Crippen molar-refractivity contribution in [2.75, 3.05) is 12.5 Å². The first-order chi connectivity index (χ1) is 10.3. The smallest absolute Gasteiger partial charge is 0.220 e. The zero-order valence-corrected chi connectivity index (χ0v) is 12.2. The normalized spacial score (nSPS) is 10.1. The van der Waals surface area contributed by atoms with E-state index in [1.165, 1.54) is 5.56 Å². The van der Waals surface area contributed by atoms with Gasteiger partial charge in [-0.2, -0.15) is 0 Å². The average molecular weight is 283 g/mol. The van der Waals surface area contributed by atoms with Crippen LogP contribution in [0.25, 0.3) is 0 Å². The molecule has 0 radical (unpaired) electrons. The zero-order chi connectivity index (χ0) is 14.9. The maximum Gasteiger partial charge on any atom is 0.220 e. The van der Waals surface area contributed by atoms with Gasteiger partial charge in [-0.05, 0) is 29.7 Å². The lowest BCUT2D eigenvalue weighted by atomic mass is 10.1. The van der Waals surface area contributed by atoms with Crippen LogP contribution in [0.4, 0.5) is 5.69 Å². The van der Waals surface area contributed by atoms with Crippen molar-refractivity contribution < 1.29 is 4.79 Å². The molecule has 21 heavy (non-hydrogen) atoms. The van der Waals surface area contributed by atoms with Gasteiger partial charge in [0.1, 0.15) is 0 Å². The fourth-order valence-corrected chi connectivity index (χ4v) is 2.04. The van der Waals surface area contributed by atoms with Gasteiger partial charge in [-0.1, -0.05) is 42.5 Å². The van der Waals surface area contributed by atoms with Gasteiger partial charge in [0, 0.05) is 25.7 Å². The first-order valence-electron chi connectivity index (χ1n) is 7.10. The molecule has 3 N–H and O–H groups in total. The quantitative estimate of drug-likeness (QED) is 0.684. The molecular weight excluding hydrogens is 262 g/mol. The van der Waals surface area contributed by atoms with Gasteiger partial charge < -0.3 is 10.7 Å². The molecule has 1 amide bonds. The van der Waals surface area contributed by atoms with E-state index < -0.39 is 0 Å². The molecule has 0 saturated heterocycles. The summed E-state index contributed by atoms with van der Waals surface area (Å²) in [6.07, 6.45) is 1.29. The number of rotatable bonds is 7. The molecule has 110 valence electrons. The molecule has 2 rings (SSSR count). The molecule has 0 aliphatic carbocycles. The summed E-state index contributed by atoms with van der Waals surface area (Å²) in [5.74, 6) is 0.0799. The van der Waals surface area contributed by atoms with Crippen LogP contribution >= 0.6 is 0 Å². The molecule has 0 aliphatic heterocycles. The third kappa shape index (κ3) is 5.28. The number of anilines is 1. The van der Waals surface area contributed by atoms with E-state index in [0.717, 1.165) is 17.7 Å². The Morgan fingerprint density at radius 2 is 1.67 bits per heavy atom. The van der Waals surface area contributed by atoms with E-state index in [0.29, 0.717) is 13.0 Å². The Kier molecular flexibility index (Phi) is 5.79. The Morgan fingerprint density at radius 3 is 2.33 bits per heavy atom. The predicted octanol–water partition coefficient (Wildman–Crippen LogP) is 2.48. The maximum atomic E-state index is 11.8. The molecular formula is C17H21N3O. The summed E-state index contributed by atoms with van der Waals surface area (Å²) < 4.78 is 0. The summed E-state index contributed by atoms with van der Waals surface area (Å²) in [5.41, 5.74) is 9.14. The highest BCUT2D eigenvalue weighted by Crippen LogP contribution is 2.08. The van der Waals surface area contributed by atoms with E-state index in [1.807, 2.05) is 61.6 Å². The zero-order valence-electron chi connectivity index (χ0n) is 12.2. The molecule has 2 aromatic rings. The van der Waals surface area contributed by atoms with Crippen LogP contribution in [0.15, 0.2) is 54.6 Å². The summed E-state index contributed by atoms with van der Waals surface area (Å²) in [4.78, 5) is 11.8. The van der Waals surface area contributed by atoms with Crippen LogP contribution in [-0.4, -0.2) is 13.0 Å². The number of carbonyl (C=O) groups is 1. The lowest BCUT2D eigenvalue weighted by Gasteiger charge is -2.07. The van der Waals surface area contributed by atoms with Gasteiger partial charge in [-0.25, -0.2) is 5.43 Å². The van der Waals surface area contributed by atoms with E-state index in [1.54, 1.807) is 0 Å². The average Bonchev–Trinajstić information content (AvgIpc) is 2.53. The molecule has 0 atom stereocenters. The van der Waals surface area contributed by atoms with Gasteiger partial charge in [0.15, 0.2) is 0 Å². The predicted molar refractivity (Wildman–Crippen MR) is 85.7 cm³/mol. The van der Waals surface area contributed by atoms with Gasteiger partial charge >= 0.3 is 0 Å². The van der Waals surface area contributed by atoms with Crippen LogP contribution in [0, 0.1) is 0 Å². The van der Waals surface area contributed by atoms with E-state index >= 15 is 0 Å². The van der Waals surface area contributed by atoms with Crippen molar-refractivity contribution in [2.45, 2.75) is 19.4 Å². The Morgan fingerprint density at radius 1 is 0.952 bits per heavy atom. The number of carbonyl (C=O) groups excluding carboxylic acids is 1. The summed E-state index contributed by atoms with van der Waals surface area (Å²) >= 11 is 0. The summed E-state index contributed by atoms with van der Waals surface area (Å²) in [6, 6.07) is 18.0. The van der Waals surface area contributed by atoms with Gasteiger partial charge in [0.05, 0.1) is 0 Å². The first-order valence-corrected chi connectivity index (χ1v) is 7.10. The number of amides is 1. The fourth-order valence-electron chi connectivity index (χ4n) is 2.04. The third-order valence-electron chi connectivity index (χ3n) is 3.20. The van der Waals surface area contributed by atoms with Crippen molar-refractivity contribution >= 4 is 11.6 Å². The van der Waals surface area contributed by atoms with Crippen molar-refractivity contribution in [1.29, 1.82) is 0 Å². The molecule has 0 fully saturated rings. The lowest BCUT2D eigenvalue weighted by Crippen LogP contribution is -2.23. The Bertz CT molecular complexity index is 552. The van der Waals surface area contributed by atoms with Crippen molar-refractivity contribution in [1.82, 2.24) is 10.7 Å². The van der Waals surface area contributed by atoms with Crippen molar-refractivity contribution in [3.05, 3.63) is 65.7 Å². The molecule has 0 heterocycles. The monoisotopic (exact) mass is 283 g/mol. The molecule has 0 saturated carbocycles. The number of hydrogen-bond donors (Lipinski definition) is 3. The minimum absolute atomic E-state index is 0.0799. The van der Waals surface area contributed by atoms with Gasteiger partial charge in [0.25, 0.3) is 0 Å². The van der Waals surface area contributed by atoms with Gasteiger partial charge in [0.2, 0.25) is 5.91 Å². The standard InChI is InChI=1S/C17H21N3O/c1-18-20-16-10-7-15(8-11-16)13-19-17(21)12-9-14-5-3-2-4-6-14/h2-8,10-11,18,20H,9,12-13H2,1H3,(H,19,21). The van der Waals surface area contributed by atoms with E-state index in [4.69, 9.17) is 0 Å². The largest absolute Gasteiger partial charge is 0.352 e. The Hall–Kier alpha value is -2.33. The maximum absolute atomic E-state index is 11.8. The highest BCUT2D eigenvalue weighted by molar-refractivity contribution is 5.76. The summed E-state index contributed by atoms with van der Waals surface area (Å²) in [6.45, 7) is 0.563. The molecule has 0 bridgehead atoms. The van der Waals surface area contributed by atoms with Crippen LogP contribution in [0.3, 0.4) is 0 Å². The lowest BCUT2D eigenvalue weighted by molar-refractivity contribution is -0.121. The number of aryl methyl sites for hydroxylation is 1. The number of hydrogen-bond acceptors (Lipinski definition) is 3. The molecule has 0 spiro atoms. The van der Waals surface area contributed by atoms with Crippen molar-refractivity contribution in [3.8, 4) is 0 Å². The number of benzene rings is 2. The minimum Gasteiger partial charge on any atom is -0.352 e. The molecule has 0 unspecified atom stereocenters. The van der Waals surface area contributed by atoms with Crippen molar-refractivity contribution in [3.63, 3.8) is 0 Å². The second-order valence-electron chi connectivity index (χ2n) is 4.83. The topological polar surface area (TPSA) is 53.2 Å². The van der Waals surface area contributed by atoms with Gasteiger partial charge in [-0.15, -0.1) is 0 Å². The number of hydrazine groups is 1. The highest BCUT2D eigenvalue weighted by Gasteiger charge is 2.02. The highest BCUT2D eigenvalue weighted by atomic mass is 16.1. The van der Waals surface area contributed by atoms with E-state index in [2.05, 4.69) is 16.2 Å². The van der Waals surface area contributed by atoms with E-state index in [-0.39, 0.29) is 5.91 Å². The second kappa shape index (κ2) is 8.07. The Labute approximate surface area is 125 Å².